The number of nitrogens with zero attached hydrogens (tertiary/aromatic N) is 2. The molecule has 0 aliphatic carbocycles. The fourth-order valence-electron chi connectivity index (χ4n) is 2.89. The van der Waals surface area contributed by atoms with Gasteiger partial charge < -0.3 is 19.7 Å². The van der Waals surface area contributed by atoms with Gasteiger partial charge in [0.1, 0.15) is 11.8 Å². The van der Waals surface area contributed by atoms with Gasteiger partial charge in [-0.05, 0) is 32.4 Å². The van der Waals surface area contributed by atoms with Crippen LogP contribution in [0.3, 0.4) is 0 Å². The smallest absolute Gasteiger partial charge is 0.311 e. The molecule has 0 bridgehead atoms. The van der Waals surface area contributed by atoms with Gasteiger partial charge in [-0.3, -0.25) is 19.7 Å². The van der Waals surface area contributed by atoms with E-state index in [0.717, 1.165) is 5.56 Å². The van der Waals surface area contributed by atoms with Crippen molar-refractivity contribution in [1.82, 2.24) is 10.2 Å². The van der Waals surface area contributed by atoms with E-state index >= 15 is 0 Å². The Bertz CT molecular complexity index is 917. The van der Waals surface area contributed by atoms with Crippen LogP contribution in [0.5, 0.6) is 11.5 Å². The van der Waals surface area contributed by atoms with Gasteiger partial charge in [-0.25, -0.2) is 0 Å². The van der Waals surface area contributed by atoms with Gasteiger partial charge in [0.05, 0.1) is 12.0 Å². The summed E-state index contributed by atoms with van der Waals surface area (Å²) in [5.41, 5.74) is 0.669. The van der Waals surface area contributed by atoms with E-state index in [9.17, 15) is 19.7 Å². The van der Waals surface area contributed by atoms with Crippen molar-refractivity contribution in [2.24, 2.45) is 0 Å². The van der Waals surface area contributed by atoms with Gasteiger partial charge in [0.2, 0.25) is 11.7 Å². The first-order valence-corrected chi connectivity index (χ1v) is 9.82. The predicted octanol–water partition coefficient (Wildman–Crippen LogP) is 2.92. The number of nitrogens with one attached hydrogen (secondary N) is 1. The van der Waals surface area contributed by atoms with Crippen LogP contribution in [0.4, 0.5) is 5.69 Å². The van der Waals surface area contributed by atoms with Crippen LogP contribution in [0, 0.1) is 10.1 Å². The number of nitro benzene ring substituents is 1. The number of rotatable bonds is 10. The molecule has 0 spiro atoms. The molecule has 1 atom stereocenters. The zero-order valence-electron chi connectivity index (χ0n) is 18.0. The van der Waals surface area contributed by atoms with E-state index in [2.05, 4.69) is 5.32 Å². The molecule has 1 N–H and O–H groups in total. The fourth-order valence-corrected chi connectivity index (χ4v) is 2.89. The molecule has 0 saturated heterocycles. The maximum Gasteiger partial charge on any atom is 0.311 e. The predicted molar refractivity (Wildman–Crippen MR) is 115 cm³/mol. The van der Waals surface area contributed by atoms with Crippen molar-refractivity contribution in [2.45, 2.75) is 39.4 Å². The van der Waals surface area contributed by atoms with Gasteiger partial charge in [-0.15, -0.1) is 0 Å². The Balaban J connectivity index is 2.16. The van der Waals surface area contributed by atoms with Crippen LogP contribution in [0.1, 0.15) is 26.3 Å². The molecular weight excluding hydrogens is 402 g/mol. The highest BCUT2D eigenvalue weighted by molar-refractivity contribution is 5.88. The number of methoxy groups -OCH3 is 1. The summed E-state index contributed by atoms with van der Waals surface area (Å²) in [5.74, 6) is -0.389. The van der Waals surface area contributed by atoms with Crippen molar-refractivity contribution in [3.8, 4) is 11.5 Å². The molecule has 2 aromatic rings. The summed E-state index contributed by atoms with van der Waals surface area (Å²) in [4.78, 5) is 37.4. The maximum absolute atomic E-state index is 13.0. The van der Waals surface area contributed by atoms with E-state index in [0.29, 0.717) is 0 Å². The summed E-state index contributed by atoms with van der Waals surface area (Å²) < 4.78 is 10.6. The second-order valence-corrected chi connectivity index (χ2v) is 7.23. The lowest BCUT2D eigenvalue weighted by Gasteiger charge is -2.29. The normalized spacial score (nSPS) is 11.5. The summed E-state index contributed by atoms with van der Waals surface area (Å²) in [5, 5.41) is 13.8. The quantitative estimate of drug-likeness (QED) is 0.459. The van der Waals surface area contributed by atoms with Crippen LogP contribution in [0.25, 0.3) is 0 Å². The zero-order valence-corrected chi connectivity index (χ0v) is 18.0. The molecule has 166 valence electrons. The molecule has 9 heteroatoms. The minimum atomic E-state index is -0.717. The summed E-state index contributed by atoms with van der Waals surface area (Å²) in [6.45, 7) is 5.25. The fraction of sp³-hybridized carbons (Fsp3) is 0.364. The Morgan fingerprint density at radius 3 is 2.39 bits per heavy atom. The molecule has 9 nitrogen and oxygen atoms in total. The van der Waals surface area contributed by atoms with Gasteiger partial charge in [0, 0.05) is 24.7 Å². The first-order chi connectivity index (χ1) is 14.7. The Labute approximate surface area is 181 Å². The van der Waals surface area contributed by atoms with Gasteiger partial charge in [-0.1, -0.05) is 30.3 Å². The lowest BCUT2D eigenvalue weighted by molar-refractivity contribution is -0.385. The van der Waals surface area contributed by atoms with E-state index in [1.807, 2.05) is 44.2 Å². The summed E-state index contributed by atoms with van der Waals surface area (Å²) in [7, 11) is 1.31. The molecule has 0 aliphatic rings. The number of benzene rings is 2. The average Bonchev–Trinajstić information content (AvgIpc) is 2.75. The molecule has 0 aliphatic heterocycles. The summed E-state index contributed by atoms with van der Waals surface area (Å²) in [6, 6.07) is 12.5. The molecule has 31 heavy (non-hydrogen) atoms. The molecule has 0 unspecified atom stereocenters. The van der Waals surface area contributed by atoms with Crippen LogP contribution in [-0.2, 0) is 16.1 Å². The van der Waals surface area contributed by atoms with E-state index in [-0.39, 0.29) is 42.3 Å². The first kappa shape index (κ1) is 23.7. The molecule has 0 heterocycles. The highest BCUT2D eigenvalue weighted by atomic mass is 16.6. The summed E-state index contributed by atoms with van der Waals surface area (Å²) >= 11 is 0. The van der Waals surface area contributed by atoms with Crippen molar-refractivity contribution in [1.29, 1.82) is 0 Å². The Morgan fingerprint density at radius 2 is 1.81 bits per heavy atom. The number of carbonyl (C=O) groups is 2. The SMILES string of the molecule is COc1cc(OCC(=O)N(Cc2ccccc2)[C@H](C)C(=O)NC(C)C)ccc1[N+](=O)[O-]. The molecule has 0 fully saturated rings. The molecule has 2 amide bonds. The molecular formula is C22H27N3O6. The Morgan fingerprint density at radius 1 is 1.13 bits per heavy atom. The van der Waals surface area contributed by atoms with Gasteiger partial charge in [-0.2, -0.15) is 0 Å². The molecule has 0 radical (unpaired) electrons. The zero-order chi connectivity index (χ0) is 23.0. The van der Waals surface area contributed by atoms with Crippen LogP contribution in [-0.4, -0.2) is 47.4 Å². The highest BCUT2D eigenvalue weighted by Gasteiger charge is 2.27. The highest BCUT2D eigenvalue weighted by Crippen LogP contribution is 2.30. The topological polar surface area (TPSA) is 111 Å². The number of hydrogen-bond acceptors (Lipinski definition) is 6. The number of carbonyl (C=O) groups excluding carboxylic acids is 2. The first-order valence-electron chi connectivity index (χ1n) is 9.82. The number of amides is 2. The Kier molecular flexibility index (Phi) is 8.36. The van der Waals surface area contributed by atoms with Gasteiger partial charge in [0.15, 0.2) is 6.61 Å². The molecule has 2 aromatic carbocycles. The van der Waals surface area contributed by atoms with E-state index in [1.54, 1.807) is 6.92 Å². The van der Waals surface area contributed by atoms with Crippen molar-refractivity contribution in [3.05, 3.63) is 64.2 Å². The third kappa shape index (κ3) is 6.70. The van der Waals surface area contributed by atoms with E-state index < -0.39 is 16.9 Å². The van der Waals surface area contributed by atoms with Gasteiger partial charge >= 0.3 is 5.69 Å². The lowest BCUT2D eigenvalue weighted by atomic mass is 10.1. The van der Waals surface area contributed by atoms with Gasteiger partial charge in [0.25, 0.3) is 5.91 Å². The number of ether oxygens (including phenoxy) is 2. The molecule has 0 aromatic heterocycles. The molecule has 2 rings (SSSR count). The average molecular weight is 429 g/mol. The largest absolute Gasteiger partial charge is 0.490 e. The standard InChI is InChI=1S/C22H27N3O6/c1-15(2)23-22(27)16(3)24(13-17-8-6-5-7-9-17)21(26)14-31-18-10-11-19(25(28)29)20(12-18)30-4/h5-12,15-16H,13-14H2,1-4H3,(H,23,27)/t16-/m1/s1. The van der Waals surface area contributed by atoms with E-state index in [1.165, 1.54) is 30.2 Å². The van der Waals surface area contributed by atoms with Crippen molar-refractivity contribution >= 4 is 17.5 Å². The third-order valence-corrected chi connectivity index (χ3v) is 4.50. The second kappa shape index (κ2) is 11.0. The summed E-state index contributed by atoms with van der Waals surface area (Å²) in [6.07, 6.45) is 0. The van der Waals surface area contributed by atoms with Crippen LogP contribution in [0.15, 0.2) is 48.5 Å². The third-order valence-electron chi connectivity index (χ3n) is 4.50. The number of hydrogen-bond donors (Lipinski definition) is 1. The maximum atomic E-state index is 13.0. The monoisotopic (exact) mass is 429 g/mol. The minimum Gasteiger partial charge on any atom is -0.490 e. The van der Waals surface area contributed by atoms with Crippen molar-refractivity contribution in [2.75, 3.05) is 13.7 Å². The minimum absolute atomic E-state index is 0.0285. The van der Waals surface area contributed by atoms with Crippen molar-refractivity contribution in [3.63, 3.8) is 0 Å². The molecule has 0 saturated carbocycles. The lowest BCUT2D eigenvalue weighted by Crippen LogP contribution is -2.50. The van der Waals surface area contributed by atoms with Crippen molar-refractivity contribution < 1.29 is 24.0 Å². The van der Waals surface area contributed by atoms with E-state index in [4.69, 9.17) is 9.47 Å². The van der Waals surface area contributed by atoms with Crippen LogP contribution in [0.2, 0.25) is 0 Å². The van der Waals surface area contributed by atoms with Crippen LogP contribution >= 0.6 is 0 Å². The second-order valence-electron chi connectivity index (χ2n) is 7.23. The Hall–Kier alpha value is -3.62. The van der Waals surface area contributed by atoms with Crippen LogP contribution < -0.4 is 14.8 Å². The number of nitro groups is 1.